The lowest BCUT2D eigenvalue weighted by atomic mass is 9.96. The number of unbranched alkanes of at least 4 members (excludes halogenated alkanes) is 8. The molecule has 0 aromatic rings. The number of ether oxygens (including phenoxy) is 5. The Morgan fingerprint density at radius 2 is 1.16 bits per heavy atom. The van der Waals surface area contributed by atoms with E-state index in [-0.39, 0.29) is 12.2 Å². The summed E-state index contributed by atoms with van der Waals surface area (Å²) >= 11 is 0. The van der Waals surface area contributed by atoms with Crippen LogP contribution in [0, 0.1) is 0 Å². The molecule has 1 rings (SSSR count). The third-order valence-electron chi connectivity index (χ3n) is 6.07. The topological polar surface area (TPSA) is 46.2 Å². The summed E-state index contributed by atoms with van der Waals surface area (Å²) in [6.07, 6.45) is 13.0. The third-order valence-corrected chi connectivity index (χ3v) is 6.07. The molecule has 1 aliphatic heterocycles. The normalized spacial score (nSPS) is 26.0. The zero-order valence-corrected chi connectivity index (χ0v) is 21.3. The van der Waals surface area contributed by atoms with Crippen LogP contribution in [0.4, 0.5) is 0 Å². The Kier molecular flexibility index (Phi) is 17.0. The highest BCUT2D eigenvalue weighted by Crippen LogP contribution is 2.38. The van der Waals surface area contributed by atoms with Crippen LogP contribution in [0.5, 0.6) is 0 Å². The van der Waals surface area contributed by atoms with Crippen molar-refractivity contribution in [2.75, 3.05) is 33.0 Å². The van der Waals surface area contributed by atoms with Gasteiger partial charge in [0.25, 0.3) is 0 Å². The van der Waals surface area contributed by atoms with Crippen molar-refractivity contribution in [3.63, 3.8) is 0 Å². The fourth-order valence-corrected chi connectivity index (χ4v) is 4.03. The van der Waals surface area contributed by atoms with Gasteiger partial charge in [-0.1, -0.05) is 79.1 Å². The van der Waals surface area contributed by atoms with Gasteiger partial charge in [-0.2, -0.15) is 0 Å². The first-order valence-corrected chi connectivity index (χ1v) is 13.2. The summed E-state index contributed by atoms with van der Waals surface area (Å²) in [5.74, 6) is 0. The lowest BCUT2D eigenvalue weighted by molar-refractivity contribution is -0.222. The number of hydrogen-bond acceptors (Lipinski definition) is 5. The Morgan fingerprint density at radius 3 is 1.74 bits per heavy atom. The second-order valence-electron chi connectivity index (χ2n) is 9.10. The van der Waals surface area contributed by atoms with E-state index < -0.39 is 11.9 Å². The molecule has 1 aliphatic rings. The van der Waals surface area contributed by atoms with Gasteiger partial charge in [-0.05, 0) is 32.6 Å². The van der Waals surface area contributed by atoms with Crippen LogP contribution in [-0.2, 0) is 23.7 Å². The van der Waals surface area contributed by atoms with Crippen molar-refractivity contribution in [2.45, 2.75) is 136 Å². The summed E-state index contributed by atoms with van der Waals surface area (Å²) < 4.78 is 31.5. The third kappa shape index (κ3) is 11.0. The molecular weight excluding hydrogens is 392 g/mol. The molecule has 1 saturated heterocycles. The Bertz CT molecular complexity index is 405. The standard InChI is InChI=1S/C26H52O5/c1-6-10-14-18-27-22-23-24(28-19-15-11-7-2)26(5,30-21-17-13-9-4)25(31-23)29-20-16-12-8-3/h23-25H,6-22H2,1-5H3/t23-,24-,25+,26-/m1/s1. The van der Waals surface area contributed by atoms with E-state index in [9.17, 15) is 0 Å². The highest BCUT2D eigenvalue weighted by atomic mass is 16.7. The van der Waals surface area contributed by atoms with E-state index in [2.05, 4.69) is 34.6 Å². The van der Waals surface area contributed by atoms with Crippen LogP contribution in [0.1, 0.15) is 112 Å². The number of rotatable bonds is 21. The van der Waals surface area contributed by atoms with Gasteiger partial charge in [0.15, 0.2) is 6.29 Å². The van der Waals surface area contributed by atoms with E-state index in [1.165, 1.54) is 51.4 Å². The molecule has 0 radical (unpaired) electrons. The predicted octanol–water partition coefficient (Wildman–Crippen LogP) is 6.67. The van der Waals surface area contributed by atoms with Gasteiger partial charge in [-0.25, -0.2) is 0 Å². The molecule has 0 aliphatic carbocycles. The Balaban J connectivity index is 2.80. The van der Waals surface area contributed by atoms with E-state index >= 15 is 0 Å². The largest absolute Gasteiger partial charge is 0.379 e. The van der Waals surface area contributed by atoms with Gasteiger partial charge < -0.3 is 23.7 Å². The molecule has 31 heavy (non-hydrogen) atoms. The Hall–Kier alpha value is -0.200. The monoisotopic (exact) mass is 444 g/mol. The van der Waals surface area contributed by atoms with Crippen molar-refractivity contribution in [1.82, 2.24) is 0 Å². The van der Waals surface area contributed by atoms with Crippen molar-refractivity contribution in [2.24, 2.45) is 0 Å². The smallest absolute Gasteiger partial charge is 0.189 e. The highest BCUT2D eigenvalue weighted by molar-refractivity contribution is 5.00. The fraction of sp³-hybridized carbons (Fsp3) is 1.00. The first-order chi connectivity index (χ1) is 15.1. The SMILES string of the molecule is CCCCCOC[C@H]1O[C@H](OCCCCC)[C@](C)(OCCCCC)[C@@H]1OCCCCC. The van der Waals surface area contributed by atoms with Crippen LogP contribution in [0.25, 0.3) is 0 Å². The minimum Gasteiger partial charge on any atom is -0.379 e. The summed E-state index contributed by atoms with van der Waals surface area (Å²) in [6, 6.07) is 0. The molecule has 0 N–H and O–H groups in total. The second-order valence-corrected chi connectivity index (χ2v) is 9.10. The average Bonchev–Trinajstić information content (AvgIpc) is 3.03. The van der Waals surface area contributed by atoms with Gasteiger partial charge in [-0.3, -0.25) is 0 Å². The summed E-state index contributed by atoms with van der Waals surface area (Å²) in [7, 11) is 0. The lowest BCUT2D eigenvalue weighted by Crippen LogP contribution is -2.51. The van der Waals surface area contributed by atoms with Gasteiger partial charge in [-0.15, -0.1) is 0 Å². The minimum absolute atomic E-state index is 0.157. The summed E-state index contributed by atoms with van der Waals surface area (Å²) in [5.41, 5.74) is -0.608. The van der Waals surface area contributed by atoms with Gasteiger partial charge in [0.1, 0.15) is 17.8 Å². The highest BCUT2D eigenvalue weighted by Gasteiger charge is 2.56. The van der Waals surface area contributed by atoms with Gasteiger partial charge in [0.05, 0.1) is 6.61 Å². The van der Waals surface area contributed by atoms with E-state index in [0.29, 0.717) is 19.8 Å². The molecule has 0 aromatic carbocycles. The van der Waals surface area contributed by atoms with Crippen LogP contribution in [0.15, 0.2) is 0 Å². The molecule has 1 heterocycles. The number of hydrogen-bond donors (Lipinski definition) is 0. The average molecular weight is 445 g/mol. The van der Waals surface area contributed by atoms with E-state index in [0.717, 1.165) is 38.9 Å². The molecule has 0 spiro atoms. The Morgan fingerprint density at radius 1 is 0.645 bits per heavy atom. The summed E-state index contributed by atoms with van der Waals surface area (Å²) in [5, 5.41) is 0. The van der Waals surface area contributed by atoms with Crippen LogP contribution in [0.2, 0.25) is 0 Å². The molecule has 5 nitrogen and oxygen atoms in total. The minimum atomic E-state index is -0.608. The van der Waals surface area contributed by atoms with Crippen molar-refractivity contribution >= 4 is 0 Å². The molecule has 0 amide bonds. The lowest BCUT2D eigenvalue weighted by Gasteiger charge is -2.35. The zero-order chi connectivity index (χ0) is 22.8. The first-order valence-electron chi connectivity index (χ1n) is 13.2. The summed E-state index contributed by atoms with van der Waals surface area (Å²) in [4.78, 5) is 0. The van der Waals surface area contributed by atoms with Crippen LogP contribution < -0.4 is 0 Å². The molecule has 0 unspecified atom stereocenters. The predicted molar refractivity (Wildman–Crippen MR) is 128 cm³/mol. The quantitative estimate of drug-likeness (QED) is 0.185. The molecular formula is C26H52O5. The second kappa shape index (κ2) is 18.3. The zero-order valence-electron chi connectivity index (χ0n) is 21.3. The van der Waals surface area contributed by atoms with E-state index in [4.69, 9.17) is 23.7 Å². The molecule has 0 aromatic heterocycles. The maximum Gasteiger partial charge on any atom is 0.189 e. The van der Waals surface area contributed by atoms with Crippen LogP contribution in [0.3, 0.4) is 0 Å². The van der Waals surface area contributed by atoms with Gasteiger partial charge in [0.2, 0.25) is 0 Å². The van der Waals surface area contributed by atoms with Gasteiger partial charge in [0, 0.05) is 26.4 Å². The van der Waals surface area contributed by atoms with Gasteiger partial charge >= 0.3 is 0 Å². The van der Waals surface area contributed by atoms with E-state index in [1.807, 2.05) is 0 Å². The molecule has 0 bridgehead atoms. The molecule has 0 saturated carbocycles. The van der Waals surface area contributed by atoms with Crippen LogP contribution in [-0.4, -0.2) is 57.1 Å². The molecule has 186 valence electrons. The molecule has 4 atom stereocenters. The molecule has 1 fully saturated rings. The summed E-state index contributed by atoms with van der Waals surface area (Å²) in [6.45, 7) is 14.4. The van der Waals surface area contributed by atoms with Crippen LogP contribution >= 0.6 is 0 Å². The van der Waals surface area contributed by atoms with Crippen molar-refractivity contribution < 1.29 is 23.7 Å². The van der Waals surface area contributed by atoms with Crippen molar-refractivity contribution in [3.05, 3.63) is 0 Å². The fourth-order valence-electron chi connectivity index (χ4n) is 4.03. The molecule has 5 heteroatoms. The first kappa shape index (κ1) is 28.8. The maximum absolute atomic E-state index is 6.48. The Labute approximate surface area is 192 Å². The van der Waals surface area contributed by atoms with E-state index in [1.54, 1.807) is 0 Å². The van der Waals surface area contributed by atoms with Crippen molar-refractivity contribution in [1.29, 1.82) is 0 Å². The van der Waals surface area contributed by atoms with Crippen molar-refractivity contribution in [3.8, 4) is 0 Å². The maximum atomic E-state index is 6.48.